The molecule has 2 heteroatoms. The van der Waals surface area contributed by atoms with Crippen molar-refractivity contribution in [2.24, 2.45) is 0 Å². The lowest BCUT2D eigenvalue weighted by atomic mass is 10.0. The molecule has 0 aliphatic carbocycles. The molecular weight excluding hydrogens is 232 g/mol. The van der Waals surface area contributed by atoms with Crippen LogP contribution >= 0.6 is 0 Å². The van der Waals surface area contributed by atoms with E-state index in [1.165, 1.54) is 37.8 Å². The lowest BCUT2D eigenvalue weighted by molar-refractivity contribution is 0.189. The van der Waals surface area contributed by atoms with Crippen molar-refractivity contribution in [2.75, 3.05) is 13.6 Å². The van der Waals surface area contributed by atoms with Gasteiger partial charge in [0.15, 0.2) is 0 Å². The van der Waals surface area contributed by atoms with Crippen molar-refractivity contribution >= 4 is 0 Å². The predicted octanol–water partition coefficient (Wildman–Crippen LogP) is 3.60. The van der Waals surface area contributed by atoms with Crippen LogP contribution in [0.25, 0.3) is 0 Å². The summed E-state index contributed by atoms with van der Waals surface area (Å²) in [6.45, 7) is 5.91. The molecular formula is C17H28N2. The third-order valence-electron chi connectivity index (χ3n) is 4.65. The third-order valence-corrected chi connectivity index (χ3v) is 4.65. The Bertz CT molecular complexity index is 363. The van der Waals surface area contributed by atoms with Crippen LogP contribution < -0.4 is 5.32 Å². The van der Waals surface area contributed by atoms with Gasteiger partial charge in [-0.05, 0) is 45.2 Å². The topological polar surface area (TPSA) is 15.3 Å². The van der Waals surface area contributed by atoms with Gasteiger partial charge in [0.2, 0.25) is 0 Å². The zero-order valence-electron chi connectivity index (χ0n) is 12.6. The average molecular weight is 260 g/mol. The van der Waals surface area contributed by atoms with Crippen molar-refractivity contribution in [1.82, 2.24) is 10.2 Å². The van der Waals surface area contributed by atoms with E-state index < -0.39 is 0 Å². The summed E-state index contributed by atoms with van der Waals surface area (Å²) in [5.74, 6) is 0. The van der Waals surface area contributed by atoms with E-state index in [9.17, 15) is 0 Å². The van der Waals surface area contributed by atoms with E-state index >= 15 is 0 Å². The number of benzene rings is 1. The quantitative estimate of drug-likeness (QED) is 0.840. The fraction of sp³-hybridized carbons (Fsp3) is 0.647. The Hall–Kier alpha value is -0.860. The maximum absolute atomic E-state index is 3.46. The Kier molecular flexibility index (Phi) is 5.41. The molecule has 2 nitrogen and oxygen atoms in total. The molecule has 3 atom stereocenters. The largest absolute Gasteiger partial charge is 0.313 e. The van der Waals surface area contributed by atoms with Gasteiger partial charge in [0.05, 0.1) is 0 Å². The van der Waals surface area contributed by atoms with Crippen molar-refractivity contribution in [2.45, 2.75) is 57.7 Å². The van der Waals surface area contributed by atoms with Crippen LogP contribution in [0.5, 0.6) is 0 Å². The van der Waals surface area contributed by atoms with Gasteiger partial charge in [0, 0.05) is 24.7 Å². The molecule has 1 heterocycles. The molecule has 106 valence electrons. The summed E-state index contributed by atoms with van der Waals surface area (Å²) in [5.41, 5.74) is 1.41. The molecule has 1 aliphatic heterocycles. The first kappa shape index (κ1) is 14.5. The average Bonchev–Trinajstić information content (AvgIpc) is 2.81. The summed E-state index contributed by atoms with van der Waals surface area (Å²) in [5, 5.41) is 3.46. The van der Waals surface area contributed by atoms with Crippen molar-refractivity contribution in [3.8, 4) is 0 Å². The van der Waals surface area contributed by atoms with E-state index in [4.69, 9.17) is 0 Å². The Morgan fingerprint density at radius 1 is 1.26 bits per heavy atom. The Labute approximate surface area is 118 Å². The molecule has 0 amide bonds. The van der Waals surface area contributed by atoms with Gasteiger partial charge in [-0.15, -0.1) is 0 Å². The van der Waals surface area contributed by atoms with Gasteiger partial charge in [0.25, 0.3) is 0 Å². The van der Waals surface area contributed by atoms with E-state index in [0.29, 0.717) is 6.04 Å². The minimum Gasteiger partial charge on any atom is -0.313 e. The first-order valence-electron chi connectivity index (χ1n) is 7.74. The van der Waals surface area contributed by atoms with E-state index in [2.05, 4.69) is 61.4 Å². The van der Waals surface area contributed by atoms with Crippen LogP contribution in [0, 0.1) is 0 Å². The van der Waals surface area contributed by atoms with Gasteiger partial charge in [0.1, 0.15) is 0 Å². The van der Waals surface area contributed by atoms with Crippen molar-refractivity contribution in [3.63, 3.8) is 0 Å². The highest BCUT2D eigenvalue weighted by Crippen LogP contribution is 2.27. The maximum Gasteiger partial charge on any atom is 0.0329 e. The summed E-state index contributed by atoms with van der Waals surface area (Å²) >= 11 is 0. The predicted molar refractivity (Wildman–Crippen MR) is 82.3 cm³/mol. The first-order chi connectivity index (χ1) is 9.26. The first-order valence-corrected chi connectivity index (χ1v) is 7.74. The highest BCUT2D eigenvalue weighted by molar-refractivity contribution is 5.18. The molecule has 1 aromatic carbocycles. The molecule has 1 N–H and O–H groups in total. The van der Waals surface area contributed by atoms with Gasteiger partial charge in [-0.2, -0.15) is 0 Å². The molecule has 19 heavy (non-hydrogen) atoms. The van der Waals surface area contributed by atoms with Crippen LogP contribution in [0.1, 0.15) is 51.1 Å². The summed E-state index contributed by atoms with van der Waals surface area (Å²) in [6, 6.07) is 12.9. The van der Waals surface area contributed by atoms with Gasteiger partial charge in [-0.3, -0.25) is 4.90 Å². The molecule has 0 spiro atoms. The molecule has 3 unspecified atom stereocenters. The van der Waals surface area contributed by atoms with Gasteiger partial charge in [-0.1, -0.05) is 37.3 Å². The second-order valence-electron chi connectivity index (χ2n) is 5.77. The van der Waals surface area contributed by atoms with Crippen LogP contribution in [0.15, 0.2) is 30.3 Å². The van der Waals surface area contributed by atoms with Crippen molar-refractivity contribution < 1.29 is 0 Å². The fourth-order valence-electron chi connectivity index (χ4n) is 3.41. The second kappa shape index (κ2) is 7.06. The van der Waals surface area contributed by atoms with Gasteiger partial charge < -0.3 is 5.32 Å². The zero-order valence-corrected chi connectivity index (χ0v) is 12.6. The Morgan fingerprint density at radius 2 is 2.00 bits per heavy atom. The molecule has 1 aromatic rings. The molecule has 1 aliphatic rings. The molecule has 0 aromatic heterocycles. The van der Waals surface area contributed by atoms with Crippen LogP contribution in [0.2, 0.25) is 0 Å². The number of nitrogens with zero attached hydrogens (tertiary/aromatic N) is 1. The monoisotopic (exact) mass is 260 g/mol. The van der Waals surface area contributed by atoms with E-state index in [1.807, 2.05) is 0 Å². The highest BCUT2D eigenvalue weighted by Gasteiger charge is 2.29. The van der Waals surface area contributed by atoms with E-state index in [-0.39, 0.29) is 0 Å². The van der Waals surface area contributed by atoms with Crippen molar-refractivity contribution in [1.29, 1.82) is 0 Å². The maximum atomic E-state index is 3.46. The minimum absolute atomic E-state index is 0.478. The van der Waals surface area contributed by atoms with Crippen LogP contribution in [-0.4, -0.2) is 30.6 Å². The van der Waals surface area contributed by atoms with E-state index in [0.717, 1.165) is 12.1 Å². The normalized spacial score (nSPS) is 25.6. The lowest BCUT2D eigenvalue weighted by Crippen LogP contribution is -2.36. The van der Waals surface area contributed by atoms with Crippen LogP contribution in [0.4, 0.5) is 0 Å². The molecule has 1 fully saturated rings. The summed E-state index contributed by atoms with van der Waals surface area (Å²) < 4.78 is 0. The molecule has 0 radical (unpaired) electrons. The molecule has 1 saturated heterocycles. The minimum atomic E-state index is 0.478. The van der Waals surface area contributed by atoms with Gasteiger partial charge in [-0.25, -0.2) is 0 Å². The zero-order chi connectivity index (χ0) is 13.7. The standard InChI is InChI=1S/C17H28N2/c1-4-16-11-10-14(2)19(16)13-12-17(18-3)15-8-6-5-7-9-15/h5-9,14,16-18H,4,10-13H2,1-3H3. The SMILES string of the molecule is CCC1CCC(C)N1CCC(NC)c1ccccc1. The third kappa shape index (κ3) is 3.58. The number of nitrogens with one attached hydrogen (secondary N) is 1. The summed E-state index contributed by atoms with van der Waals surface area (Å²) in [4.78, 5) is 2.72. The number of hydrogen-bond acceptors (Lipinski definition) is 2. The van der Waals surface area contributed by atoms with Crippen LogP contribution in [0.3, 0.4) is 0 Å². The lowest BCUT2D eigenvalue weighted by Gasteiger charge is -2.29. The summed E-state index contributed by atoms with van der Waals surface area (Å²) in [6.07, 6.45) is 5.24. The number of likely N-dealkylation sites (tertiary alicyclic amines) is 1. The number of hydrogen-bond donors (Lipinski definition) is 1. The second-order valence-corrected chi connectivity index (χ2v) is 5.77. The smallest absolute Gasteiger partial charge is 0.0329 e. The Balaban J connectivity index is 1.93. The fourth-order valence-corrected chi connectivity index (χ4v) is 3.41. The highest BCUT2D eigenvalue weighted by atomic mass is 15.2. The van der Waals surface area contributed by atoms with Crippen LogP contribution in [-0.2, 0) is 0 Å². The summed E-state index contributed by atoms with van der Waals surface area (Å²) in [7, 11) is 2.07. The molecule has 0 bridgehead atoms. The number of rotatable bonds is 6. The molecule has 0 saturated carbocycles. The van der Waals surface area contributed by atoms with Crippen molar-refractivity contribution in [3.05, 3.63) is 35.9 Å². The van der Waals surface area contributed by atoms with E-state index in [1.54, 1.807) is 0 Å². The molecule has 2 rings (SSSR count). The van der Waals surface area contributed by atoms with Gasteiger partial charge >= 0.3 is 0 Å². The Morgan fingerprint density at radius 3 is 2.63 bits per heavy atom.